The molecule has 1 unspecified atom stereocenters. The highest BCUT2D eigenvalue weighted by Gasteiger charge is 2.22. The van der Waals surface area contributed by atoms with Crippen LogP contribution in [0.2, 0.25) is 5.02 Å². The number of carbonyl (C=O) groups excluding carboxylic acids is 2. The molecule has 0 saturated carbocycles. The summed E-state index contributed by atoms with van der Waals surface area (Å²) in [7, 11) is 1.98. The van der Waals surface area contributed by atoms with Gasteiger partial charge >= 0.3 is 0 Å². The van der Waals surface area contributed by atoms with Crippen LogP contribution in [0.4, 0.5) is 5.69 Å². The highest BCUT2D eigenvalue weighted by molar-refractivity contribution is 6.30. The SMILES string of the molecule is CC(=O)c1ccc(NC(=O)[C@H](C)[NH+](C)Cc2cccc(Cl)c2)cc1. The number of ketones is 1. The van der Waals surface area contributed by atoms with E-state index in [1.54, 1.807) is 24.3 Å². The Kier molecular flexibility index (Phi) is 6.12. The minimum atomic E-state index is -0.225. The van der Waals surface area contributed by atoms with Gasteiger partial charge in [0.15, 0.2) is 11.8 Å². The lowest BCUT2D eigenvalue weighted by atomic mass is 10.1. The molecule has 0 aliphatic carbocycles. The Morgan fingerprint density at radius 2 is 1.83 bits per heavy atom. The van der Waals surface area contributed by atoms with E-state index in [1.807, 2.05) is 38.2 Å². The summed E-state index contributed by atoms with van der Waals surface area (Å²) in [6.45, 7) is 4.11. The molecule has 0 bridgehead atoms. The van der Waals surface area contributed by atoms with Crippen molar-refractivity contribution in [1.29, 1.82) is 0 Å². The molecule has 126 valence electrons. The van der Waals surface area contributed by atoms with Crippen LogP contribution in [0.3, 0.4) is 0 Å². The van der Waals surface area contributed by atoms with Crippen LogP contribution in [-0.2, 0) is 11.3 Å². The molecule has 1 amide bonds. The standard InChI is InChI=1S/C19H21ClN2O2/c1-13(22(3)12-15-5-4-6-17(20)11-15)19(24)21-18-9-7-16(8-10-18)14(2)23/h4-11,13H,12H2,1-3H3,(H,21,24)/p+1/t13-/m0/s1. The van der Waals surface area contributed by atoms with Crippen LogP contribution in [-0.4, -0.2) is 24.8 Å². The Morgan fingerprint density at radius 3 is 2.42 bits per heavy atom. The van der Waals surface area contributed by atoms with Gasteiger partial charge in [-0.15, -0.1) is 0 Å². The van der Waals surface area contributed by atoms with E-state index in [9.17, 15) is 9.59 Å². The van der Waals surface area contributed by atoms with Gasteiger partial charge in [-0.3, -0.25) is 9.59 Å². The van der Waals surface area contributed by atoms with Crippen molar-refractivity contribution in [3.63, 3.8) is 0 Å². The first-order valence-corrected chi connectivity index (χ1v) is 8.23. The Hall–Kier alpha value is -2.17. The van der Waals surface area contributed by atoms with Gasteiger partial charge in [0.1, 0.15) is 6.54 Å². The molecule has 2 atom stereocenters. The minimum absolute atomic E-state index is 0.00643. The molecule has 2 aromatic carbocycles. The molecule has 5 heteroatoms. The van der Waals surface area contributed by atoms with Gasteiger partial charge < -0.3 is 10.2 Å². The van der Waals surface area contributed by atoms with Crippen LogP contribution in [0.5, 0.6) is 0 Å². The normalized spacial score (nSPS) is 13.2. The first-order chi connectivity index (χ1) is 11.4. The number of anilines is 1. The maximum Gasteiger partial charge on any atom is 0.282 e. The first kappa shape index (κ1) is 18.2. The fourth-order valence-electron chi connectivity index (χ4n) is 2.38. The molecular weight excluding hydrogens is 324 g/mol. The van der Waals surface area contributed by atoms with E-state index in [1.165, 1.54) is 6.92 Å². The number of likely N-dealkylation sites (N-methyl/N-ethyl adjacent to an activating group) is 1. The third-order valence-corrected chi connectivity index (χ3v) is 4.30. The van der Waals surface area contributed by atoms with E-state index in [0.29, 0.717) is 22.8 Å². The summed E-state index contributed by atoms with van der Waals surface area (Å²) in [5.74, 6) is -0.0583. The van der Waals surface area contributed by atoms with Crippen molar-refractivity contribution in [2.75, 3.05) is 12.4 Å². The average molecular weight is 346 g/mol. The number of nitrogens with one attached hydrogen (secondary N) is 2. The predicted octanol–water partition coefficient (Wildman–Crippen LogP) is 2.58. The number of hydrogen-bond donors (Lipinski definition) is 2. The monoisotopic (exact) mass is 345 g/mol. The van der Waals surface area contributed by atoms with E-state index < -0.39 is 0 Å². The third-order valence-electron chi connectivity index (χ3n) is 4.06. The largest absolute Gasteiger partial charge is 0.324 e. The van der Waals surface area contributed by atoms with E-state index in [-0.39, 0.29) is 17.7 Å². The van der Waals surface area contributed by atoms with Crippen LogP contribution in [0.1, 0.15) is 29.8 Å². The number of Topliss-reactive ketones (excluding diaryl/α,β-unsaturated/α-hetero) is 1. The summed E-state index contributed by atoms with van der Waals surface area (Å²) in [4.78, 5) is 24.7. The summed E-state index contributed by atoms with van der Waals surface area (Å²) >= 11 is 6.00. The van der Waals surface area contributed by atoms with E-state index in [4.69, 9.17) is 11.6 Å². The average Bonchev–Trinajstić information content (AvgIpc) is 2.54. The molecule has 0 aromatic heterocycles. The third kappa shape index (κ3) is 4.91. The van der Waals surface area contributed by atoms with E-state index >= 15 is 0 Å². The van der Waals surface area contributed by atoms with E-state index in [0.717, 1.165) is 10.5 Å². The topological polar surface area (TPSA) is 50.6 Å². The van der Waals surface area contributed by atoms with Crippen molar-refractivity contribution >= 4 is 29.0 Å². The number of halogens is 1. The lowest BCUT2D eigenvalue weighted by molar-refractivity contribution is -0.907. The number of amides is 1. The smallest absolute Gasteiger partial charge is 0.282 e. The molecule has 4 nitrogen and oxygen atoms in total. The van der Waals surface area contributed by atoms with Crippen molar-refractivity contribution in [3.05, 3.63) is 64.7 Å². The molecule has 0 radical (unpaired) electrons. The Bertz CT molecular complexity index is 728. The number of benzene rings is 2. The maximum atomic E-state index is 12.4. The van der Waals surface area contributed by atoms with Crippen LogP contribution >= 0.6 is 11.6 Å². The zero-order valence-electron chi connectivity index (χ0n) is 14.1. The lowest BCUT2D eigenvalue weighted by Gasteiger charge is -2.21. The molecule has 0 fully saturated rings. The summed E-state index contributed by atoms with van der Waals surface area (Å²) < 4.78 is 0. The number of carbonyl (C=O) groups is 2. The fraction of sp³-hybridized carbons (Fsp3) is 0.263. The Balaban J connectivity index is 1.96. The van der Waals surface area contributed by atoms with Crippen molar-refractivity contribution in [3.8, 4) is 0 Å². The van der Waals surface area contributed by atoms with Gasteiger partial charge in [-0.1, -0.05) is 23.7 Å². The van der Waals surface area contributed by atoms with E-state index in [2.05, 4.69) is 5.32 Å². The molecule has 0 spiro atoms. The van der Waals surface area contributed by atoms with Crippen molar-refractivity contribution in [2.24, 2.45) is 0 Å². The van der Waals surface area contributed by atoms with Crippen molar-refractivity contribution < 1.29 is 14.5 Å². The molecule has 0 saturated heterocycles. The molecular formula is C19H22ClN2O2+. The van der Waals surface area contributed by atoms with Gasteiger partial charge in [-0.2, -0.15) is 0 Å². The quantitative estimate of drug-likeness (QED) is 0.791. The van der Waals surface area contributed by atoms with Crippen LogP contribution in [0.15, 0.2) is 48.5 Å². The minimum Gasteiger partial charge on any atom is -0.324 e. The number of quaternary nitrogens is 1. The molecule has 2 aromatic rings. The molecule has 24 heavy (non-hydrogen) atoms. The second kappa shape index (κ2) is 8.08. The summed E-state index contributed by atoms with van der Waals surface area (Å²) in [6, 6.07) is 14.3. The van der Waals surface area contributed by atoms with Crippen LogP contribution in [0.25, 0.3) is 0 Å². The highest BCUT2D eigenvalue weighted by Crippen LogP contribution is 2.11. The second-order valence-corrected chi connectivity index (χ2v) is 6.43. The van der Waals surface area contributed by atoms with Gasteiger partial charge in [-0.05, 0) is 50.2 Å². The highest BCUT2D eigenvalue weighted by atomic mass is 35.5. The van der Waals surface area contributed by atoms with Gasteiger partial charge in [0.25, 0.3) is 5.91 Å². The maximum absolute atomic E-state index is 12.4. The van der Waals surface area contributed by atoms with Crippen LogP contribution < -0.4 is 10.2 Å². The van der Waals surface area contributed by atoms with Gasteiger partial charge in [0.2, 0.25) is 0 Å². The number of rotatable bonds is 6. The summed E-state index contributed by atoms with van der Waals surface area (Å²) in [5, 5.41) is 3.59. The molecule has 0 heterocycles. The summed E-state index contributed by atoms with van der Waals surface area (Å²) in [5.41, 5.74) is 2.41. The Labute approximate surface area is 147 Å². The fourth-order valence-corrected chi connectivity index (χ4v) is 2.60. The van der Waals surface area contributed by atoms with Gasteiger partial charge in [0.05, 0.1) is 7.05 Å². The zero-order chi connectivity index (χ0) is 17.7. The summed E-state index contributed by atoms with van der Waals surface area (Å²) in [6.07, 6.45) is 0. The van der Waals surface area contributed by atoms with Crippen molar-refractivity contribution in [1.82, 2.24) is 0 Å². The molecule has 0 aliphatic rings. The first-order valence-electron chi connectivity index (χ1n) is 7.85. The van der Waals surface area contributed by atoms with Gasteiger partial charge in [-0.25, -0.2) is 0 Å². The molecule has 2 N–H and O–H groups in total. The van der Waals surface area contributed by atoms with Gasteiger partial charge in [0, 0.05) is 21.8 Å². The lowest BCUT2D eigenvalue weighted by Crippen LogP contribution is -3.12. The van der Waals surface area contributed by atoms with Crippen molar-refractivity contribution in [2.45, 2.75) is 26.4 Å². The second-order valence-electron chi connectivity index (χ2n) is 6.00. The molecule has 2 rings (SSSR count). The molecule has 0 aliphatic heterocycles. The number of hydrogen-bond acceptors (Lipinski definition) is 2. The zero-order valence-corrected chi connectivity index (χ0v) is 14.9. The predicted molar refractivity (Wildman–Crippen MR) is 96.6 cm³/mol. The Morgan fingerprint density at radius 1 is 1.17 bits per heavy atom. The van der Waals surface area contributed by atoms with Crippen LogP contribution in [0, 0.1) is 0 Å².